The first kappa shape index (κ1) is 15.4. The summed E-state index contributed by atoms with van der Waals surface area (Å²) in [5, 5.41) is 0. The number of nitrogens with zero attached hydrogens (tertiary/aromatic N) is 1. The molecule has 0 saturated carbocycles. The third-order valence-corrected chi connectivity index (χ3v) is 4.18. The van der Waals surface area contributed by atoms with Crippen LogP contribution in [0.25, 0.3) is 0 Å². The minimum atomic E-state index is -0.129. The molecule has 0 aliphatic carbocycles. The van der Waals surface area contributed by atoms with E-state index in [1.807, 2.05) is 18.2 Å². The number of rotatable bonds is 3. The van der Waals surface area contributed by atoms with Crippen LogP contribution < -0.4 is 5.73 Å². The molecule has 0 spiro atoms. The van der Waals surface area contributed by atoms with Crippen molar-refractivity contribution in [3.63, 3.8) is 0 Å². The number of nitrogens with two attached hydrogens (primary N) is 1. The molecule has 1 heterocycles. The van der Waals surface area contributed by atoms with Gasteiger partial charge in [-0.3, -0.25) is 9.59 Å². The van der Waals surface area contributed by atoms with E-state index in [2.05, 4.69) is 0 Å². The smallest absolute Gasteiger partial charge is 0.254 e. The second kappa shape index (κ2) is 6.75. The predicted molar refractivity (Wildman–Crippen MR) is 89.4 cm³/mol. The van der Waals surface area contributed by atoms with Crippen LogP contribution in [0, 0.1) is 0 Å². The van der Waals surface area contributed by atoms with Gasteiger partial charge in [0.1, 0.15) is 0 Å². The Morgan fingerprint density at radius 3 is 2.30 bits per heavy atom. The minimum Gasteiger partial charge on any atom is -0.337 e. The van der Waals surface area contributed by atoms with E-state index in [0.717, 1.165) is 12.8 Å². The zero-order chi connectivity index (χ0) is 16.2. The molecule has 3 rings (SSSR count). The number of hydrogen-bond donors (Lipinski definition) is 1. The first-order valence-corrected chi connectivity index (χ1v) is 7.90. The van der Waals surface area contributed by atoms with Gasteiger partial charge in [0.05, 0.1) is 5.56 Å². The Hall–Kier alpha value is -2.46. The minimum absolute atomic E-state index is 0.0182. The van der Waals surface area contributed by atoms with E-state index < -0.39 is 0 Å². The summed E-state index contributed by atoms with van der Waals surface area (Å²) in [6.45, 7) is 1.24. The quantitative estimate of drug-likeness (QED) is 0.886. The maximum absolute atomic E-state index is 12.8. The van der Waals surface area contributed by atoms with Gasteiger partial charge in [-0.25, -0.2) is 0 Å². The van der Waals surface area contributed by atoms with E-state index >= 15 is 0 Å². The third kappa shape index (κ3) is 3.32. The number of hydrogen-bond acceptors (Lipinski definition) is 3. The summed E-state index contributed by atoms with van der Waals surface area (Å²) in [6, 6.07) is 16.1. The molecule has 2 aromatic carbocycles. The van der Waals surface area contributed by atoms with Crippen molar-refractivity contribution in [1.82, 2.24) is 4.90 Å². The van der Waals surface area contributed by atoms with Gasteiger partial charge in [-0.1, -0.05) is 48.5 Å². The molecule has 4 heteroatoms. The van der Waals surface area contributed by atoms with Crippen molar-refractivity contribution in [2.45, 2.75) is 18.9 Å². The van der Waals surface area contributed by atoms with Crippen LogP contribution in [0.2, 0.25) is 0 Å². The Bertz CT molecular complexity index is 712. The summed E-state index contributed by atoms with van der Waals surface area (Å²) in [5.74, 6) is -0.240. The molecule has 4 nitrogen and oxygen atoms in total. The van der Waals surface area contributed by atoms with Crippen molar-refractivity contribution in [2.24, 2.45) is 5.73 Å². The summed E-state index contributed by atoms with van der Waals surface area (Å²) in [6.07, 6.45) is 1.84. The monoisotopic (exact) mass is 308 g/mol. The van der Waals surface area contributed by atoms with Gasteiger partial charge >= 0.3 is 0 Å². The van der Waals surface area contributed by atoms with E-state index in [0.29, 0.717) is 29.8 Å². The molecule has 1 fully saturated rings. The van der Waals surface area contributed by atoms with Crippen LogP contribution in [0.15, 0.2) is 54.6 Å². The number of likely N-dealkylation sites (tertiary alicyclic amines) is 1. The summed E-state index contributed by atoms with van der Waals surface area (Å²) >= 11 is 0. The lowest BCUT2D eigenvalue weighted by atomic mass is 9.96. The molecular formula is C19H20N2O2. The van der Waals surface area contributed by atoms with Gasteiger partial charge in [-0.2, -0.15) is 0 Å². The lowest BCUT2D eigenvalue weighted by Gasteiger charge is -2.31. The lowest BCUT2D eigenvalue weighted by molar-refractivity contribution is 0.0705. The van der Waals surface area contributed by atoms with Crippen molar-refractivity contribution < 1.29 is 9.59 Å². The SMILES string of the molecule is NC1CCCN(C(=O)c2ccccc2C(=O)c2ccccc2)C1. The van der Waals surface area contributed by atoms with Crippen molar-refractivity contribution in [1.29, 1.82) is 0 Å². The highest BCUT2D eigenvalue weighted by atomic mass is 16.2. The summed E-state index contributed by atoms with van der Waals surface area (Å²) in [7, 11) is 0. The van der Waals surface area contributed by atoms with E-state index in [1.165, 1.54) is 0 Å². The average Bonchev–Trinajstić information content (AvgIpc) is 2.61. The van der Waals surface area contributed by atoms with Crippen LogP contribution in [0.4, 0.5) is 0 Å². The normalized spacial score (nSPS) is 17.8. The van der Waals surface area contributed by atoms with Crippen molar-refractivity contribution >= 4 is 11.7 Å². The highest BCUT2D eigenvalue weighted by Crippen LogP contribution is 2.19. The zero-order valence-corrected chi connectivity index (χ0v) is 12.9. The van der Waals surface area contributed by atoms with Crippen LogP contribution in [-0.2, 0) is 0 Å². The van der Waals surface area contributed by atoms with Crippen molar-refractivity contribution in [2.75, 3.05) is 13.1 Å². The lowest BCUT2D eigenvalue weighted by Crippen LogP contribution is -2.46. The summed E-state index contributed by atoms with van der Waals surface area (Å²) in [5.41, 5.74) is 7.46. The van der Waals surface area contributed by atoms with E-state index in [4.69, 9.17) is 5.73 Å². The van der Waals surface area contributed by atoms with Gasteiger partial charge in [0.25, 0.3) is 5.91 Å². The second-order valence-electron chi connectivity index (χ2n) is 5.89. The highest BCUT2D eigenvalue weighted by molar-refractivity contribution is 6.15. The third-order valence-electron chi connectivity index (χ3n) is 4.18. The van der Waals surface area contributed by atoms with Crippen molar-refractivity contribution in [3.8, 4) is 0 Å². The first-order chi connectivity index (χ1) is 11.2. The van der Waals surface area contributed by atoms with E-state index in [9.17, 15) is 9.59 Å². The molecule has 1 aliphatic heterocycles. The van der Waals surface area contributed by atoms with Gasteiger partial charge in [0.15, 0.2) is 5.78 Å². The number of piperidine rings is 1. The second-order valence-corrected chi connectivity index (χ2v) is 5.89. The Morgan fingerprint density at radius 1 is 0.957 bits per heavy atom. The van der Waals surface area contributed by atoms with Crippen LogP contribution >= 0.6 is 0 Å². The largest absolute Gasteiger partial charge is 0.337 e. The molecule has 2 aromatic rings. The molecule has 1 unspecified atom stereocenters. The maximum Gasteiger partial charge on any atom is 0.254 e. The molecule has 2 N–H and O–H groups in total. The molecule has 1 amide bonds. The van der Waals surface area contributed by atoms with Crippen LogP contribution in [0.1, 0.15) is 39.1 Å². The fraction of sp³-hybridized carbons (Fsp3) is 0.263. The number of ketones is 1. The number of carbonyl (C=O) groups excluding carboxylic acids is 2. The fourth-order valence-electron chi connectivity index (χ4n) is 2.98. The van der Waals surface area contributed by atoms with Gasteiger partial charge in [0.2, 0.25) is 0 Å². The number of carbonyl (C=O) groups is 2. The average molecular weight is 308 g/mol. The first-order valence-electron chi connectivity index (χ1n) is 7.90. The van der Waals surface area contributed by atoms with Crippen LogP contribution in [0.5, 0.6) is 0 Å². The highest BCUT2D eigenvalue weighted by Gasteiger charge is 2.25. The number of amides is 1. The summed E-state index contributed by atoms with van der Waals surface area (Å²) < 4.78 is 0. The Balaban J connectivity index is 1.92. The van der Waals surface area contributed by atoms with Gasteiger partial charge in [-0.15, -0.1) is 0 Å². The Kier molecular flexibility index (Phi) is 4.53. The zero-order valence-electron chi connectivity index (χ0n) is 12.9. The summed E-state index contributed by atoms with van der Waals surface area (Å²) in [4.78, 5) is 27.3. The standard InChI is InChI=1S/C19H20N2O2/c20-15-9-6-12-21(13-15)19(23)17-11-5-4-10-16(17)18(22)14-7-2-1-3-8-14/h1-5,7-8,10-11,15H,6,9,12-13,20H2. The molecular weight excluding hydrogens is 288 g/mol. The molecule has 1 atom stereocenters. The number of benzene rings is 2. The van der Waals surface area contributed by atoms with Gasteiger partial charge in [0, 0.05) is 30.3 Å². The van der Waals surface area contributed by atoms with Gasteiger partial charge < -0.3 is 10.6 Å². The van der Waals surface area contributed by atoms with E-state index in [1.54, 1.807) is 41.3 Å². The van der Waals surface area contributed by atoms with Crippen molar-refractivity contribution in [3.05, 3.63) is 71.3 Å². The van der Waals surface area contributed by atoms with Gasteiger partial charge in [-0.05, 0) is 18.9 Å². The topological polar surface area (TPSA) is 63.4 Å². The molecule has 1 saturated heterocycles. The molecule has 23 heavy (non-hydrogen) atoms. The molecule has 0 bridgehead atoms. The molecule has 118 valence electrons. The predicted octanol–water partition coefficient (Wildman–Crippen LogP) is 2.48. The fourth-order valence-corrected chi connectivity index (χ4v) is 2.98. The Morgan fingerprint density at radius 2 is 1.61 bits per heavy atom. The van der Waals surface area contributed by atoms with Crippen LogP contribution in [-0.4, -0.2) is 35.7 Å². The Labute approximate surface area is 135 Å². The molecule has 0 aromatic heterocycles. The molecule has 1 aliphatic rings. The van der Waals surface area contributed by atoms with Crippen LogP contribution in [0.3, 0.4) is 0 Å². The molecule has 0 radical (unpaired) electrons. The maximum atomic E-state index is 12.8. The van der Waals surface area contributed by atoms with E-state index in [-0.39, 0.29) is 17.7 Å².